The maximum Gasteiger partial charge on any atom is 0.328 e. The molecule has 0 saturated carbocycles. The number of likely N-dealkylation sites (tertiary alicyclic amines) is 1. The van der Waals surface area contributed by atoms with Gasteiger partial charge in [-0.05, 0) is 31.2 Å². The number of non-ortho nitro benzene ring substituents is 1. The van der Waals surface area contributed by atoms with Crippen molar-refractivity contribution in [1.82, 2.24) is 4.90 Å². The van der Waals surface area contributed by atoms with Crippen molar-refractivity contribution in [3.05, 3.63) is 82.4 Å². The van der Waals surface area contributed by atoms with Gasteiger partial charge in [0.15, 0.2) is 0 Å². The second kappa shape index (κ2) is 11.5. The molecule has 2 aromatic carbocycles. The van der Waals surface area contributed by atoms with Crippen LogP contribution in [0.2, 0.25) is 0 Å². The van der Waals surface area contributed by atoms with Gasteiger partial charge in [-0.3, -0.25) is 10.1 Å². The third-order valence-electron chi connectivity index (χ3n) is 4.68. The molecule has 9 nitrogen and oxygen atoms in total. The Labute approximate surface area is 179 Å². The van der Waals surface area contributed by atoms with E-state index in [0.717, 1.165) is 19.5 Å². The van der Waals surface area contributed by atoms with Gasteiger partial charge in [-0.15, -0.1) is 0 Å². The number of nitro groups is 1. The lowest BCUT2D eigenvalue weighted by atomic mass is 9.88. The first-order valence-corrected chi connectivity index (χ1v) is 9.54. The first-order valence-electron chi connectivity index (χ1n) is 9.54. The standard InChI is InChI=1S/C18H20N2O3.C4H4O4/c1-19-12-11-18(17(13-19)14-5-3-2-4-6-14)23-16-9-7-15(8-10-16)20(21)22;5-3(6)1-2-4(7)8/h2-10,17-18H,11-13H2,1H3;1-2H,(H,5,6)(H,7,8)/b;2-1-/t17-,18+;/m0./s1. The molecule has 2 N–H and O–H groups in total. The van der Waals surface area contributed by atoms with Crippen LogP contribution in [-0.4, -0.2) is 58.2 Å². The highest BCUT2D eigenvalue weighted by molar-refractivity contribution is 5.89. The first kappa shape index (κ1) is 23.6. The number of benzene rings is 2. The van der Waals surface area contributed by atoms with Crippen LogP contribution in [0.1, 0.15) is 17.9 Å². The van der Waals surface area contributed by atoms with Gasteiger partial charge < -0.3 is 19.8 Å². The Morgan fingerprint density at radius 3 is 2.16 bits per heavy atom. The molecule has 1 heterocycles. The fraction of sp³-hybridized carbons (Fsp3) is 0.273. The van der Waals surface area contributed by atoms with Crippen LogP contribution in [0.25, 0.3) is 0 Å². The third kappa shape index (κ3) is 7.90. The Kier molecular flexibility index (Phi) is 8.71. The number of aliphatic carboxylic acids is 2. The summed E-state index contributed by atoms with van der Waals surface area (Å²) in [7, 11) is 2.12. The van der Waals surface area contributed by atoms with Crippen LogP contribution in [0.3, 0.4) is 0 Å². The quantitative estimate of drug-likeness (QED) is 0.408. The number of ether oxygens (including phenoxy) is 1. The zero-order chi connectivity index (χ0) is 22.8. The summed E-state index contributed by atoms with van der Waals surface area (Å²) in [5.74, 6) is -1.53. The van der Waals surface area contributed by atoms with Crippen molar-refractivity contribution < 1.29 is 29.5 Å². The summed E-state index contributed by atoms with van der Waals surface area (Å²) in [6.45, 7) is 1.93. The van der Waals surface area contributed by atoms with Gasteiger partial charge in [0.25, 0.3) is 5.69 Å². The van der Waals surface area contributed by atoms with Crippen LogP contribution >= 0.6 is 0 Å². The molecule has 1 aliphatic rings. The number of nitro benzene ring substituents is 1. The normalized spacial score (nSPS) is 18.6. The molecule has 2 atom stereocenters. The number of likely N-dealkylation sites (N-methyl/N-ethyl adjacent to an activating group) is 1. The summed E-state index contributed by atoms with van der Waals surface area (Å²) in [6, 6.07) is 16.7. The van der Waals surface area contributed by atoms with Gasteiger partial charge in [0.1, 0.15) is 11.9 Å². The number of carboxylic acids is 2. The molecule has 0 radical (unpaired) electrons. The molecule has 0 unspecified atom stereocenters. The zero-order valence-electron chi connectivity index (χ0n) is 17.0. The van der Waals surface area contributed by atoms with E-state index in [1.165, 1.54) is 17.7 Å². The van der Waals surface area contributed by atoms with Crippen molar-refractivity contribution >= 4 is 17.6 Å². The van der Waals surface area contributed by atoms with Crippen LogP contribution in [0.15, 0.2) is 66.7 Å². The van der Waals surface area contributed by atoms with E-state index in [9.17, 15) is 19.7 Å². The lowest BCUT2D eigenvalue weighted by molar-refractivity contribution is -0.384. The molecule has 9 heteroatoms. The Morgan fingerprint density at radius 2 is 1.65 bits per heavy atom. The topological polar surface area (TPSA) is 130 Å². The van der Waals surface area contributed by atoms with E-state index < -0.39 is 16.9 Å². The van der Waals surface area contributed by atoms with Crippen LogP contribution < -0.4 is 4.74 Å². The number of nitrogens with zero attached hydrogens (tertiary/aromatic N) is 2. The van der Waals surface area contributed by atoms with E-state index in [0.29, 0.717) is 23.8 Å². The van der Waals surface area contributed by atoms with E-state index in [2.05, 4.69) is 24.1 Å². The molecule has 0 spiro atoms. The van der Waals surface area contributed by atoms with Crippen molar-refractivity contribution in [2.45, 2.75) is 18.4 Å². The van der Waals surface area contributed by atoms with Crippen LogP contribution in [0, 0.1) is 10.1 Å². The molecule has 164 valence electrons. The number of rotatable bonds is 6. The summed E-state index contributed by atoms with van der Waals surface area (Å²) in [4.78, 5) is 31.8. The minimum absolute atomic E-state index is 0.0788. The summed E-state index contributed by atoms with van der Waals surface area (Å²) in [5.41, 5.74) is 1.35. The van der Waals surface area contributed by atoms with Gasteiger partial charge in [0.05, 0.1) is 4.92 Å². The number of carboxylic acid groups (broad SMARTS) is 2. The Bertz CT molecular complexity index is 897. The van der Waals surface area contributed by atoms with E-state index in [4.69, 9.17) is 14.9 Å². The van der Waals surface area contributed by atoms with Gasteiger partial charge >= 0.3 is 11.9 Å². The van der Waals surface area contributed by atoms with Crippen molar-refractivity contribution in [3.8, 4) is 5.75 Å². The molecular formula is C22H24N2O7. The summed E-state index contributed by atoms with van der Waals surface area (Å²) in [6.07, 6.45) is 2.13. The largest absolute Gasteiger partial charge is 0.490 e. The van der Waals surface area contributed by atoms with E-state index >= 15 is 0 Å². The predicted octanol–water partition coefficient (Wildman–Crippen LogP) is 3.17. The SMILES string of the molecule is CN1CC[C@@H](Oc2ccc([N+](=O)[O-])cc2)[C@H](c2ccccc2)C1.O=C(O)/C=C\C(=O)O. The molecule has 1 aliphatic heterocycles. The highest BCUT2D eigenvalue weighted by Crippen LogP contribution is 2.30. The fourth-order valence-corrected chi connectivity index (χ4v) is 3.22. The molecule has 2 aromatic rings. The maximum absolute atomic E-state index is 10.7. The minimum atomic E-state index is -1.26. The molecule has 1 fully saturated rings. The Hall–Kier alpha value is -3.72. The summed E-state index contributed by atoms with van der Waals surface area (Å²) in [5, 5.41) is 26.4. The molecule has 0 bridgehead atoms. The van der Waals surface area contributed by atoms with Crippen molar-refractivity contribution in [2.75, 3.05) is 20.1 Å². The smallest absolute Gasteiger partial charge is 0.328 e. The van der Waals surface area contributed by atoms with Gasteiger partial charge in [0.2, 0.25) is 0 Å². The van der Waals surface area contributed by atoms with Crippen LogP contribution in [0.5, 0.6) is 5.75 Å². The number of piperidine rings is 1. The third-order valence-corrected chi connectivity index (χ3v) is 4.68. The highest BCUT2D eigenvalue weighted by atomic mass is 16.6. The summed E-state index contributed by atoms with van der Waals surface area (Å²) >= 11 is 0. The summed E-state index contributed by atoms with van der Waals surface area (Å²) < 4.78 is 6.16. The fourth-order valence-electron chi connectivity index (χ4n) is 3.22. The van der Waals surface area contributed by atoms with Crippen molar-refractivity contribution in [1.29, 1.82) is 0 Å². The maximum atomic E-state index is 10.7. The van der Waals surface area contributed by atoms with E-state index in [1.54, 1.807) is 12.1 Å². The molecule has 0 amide bonds. The zero-order valence-corrected chi connectivity index (χ0v) is 17.0. The molecule has 3 rings (SSSR count). The first-order chi connectivity index (χ1) is 14.8. The highest BCUT2D eigenvalue weighted by Gasteiger charge is 2.30. The molecule has 31 heavy (non-hydrogen) atoms. The predicted molar refractivity (Wildman–Crippen MR) is 113 cm³/mol. The van der Waals surface area contributed by atoms with Crippen LogP contribution in [-0.2, 0) is 9.59 Å². The van der Waals surface area contributed by atoms with Gasteiger partial charge in [-0.1, -0.05) is 30.3 Å². The monoisotopic (exact) mass is 428 g/mol. The van der Waals surface area contributed by atoms with Gasteiger partial charge in [-0.25, -0.2) is 9.59 Å². The van der Waals surface area contributed by atoms with Gasteiger partial charge in [-0.2, -0.15) is 0 Å². The minimum Gasteiger partial charge on any atom is -0.490 e. The second-order valence-corrected chi connectivity index (χ2v) is 6.99. The number of carbonyl (C=O) groups is 2. The average Bonchev–Trinajstić information content (AvgIpc) is 2.75. The Morgan fingerprint density at radius 1 is 1.06 bits per heavy atom. The molecule has 0 aromatic heterocycles. The molecule has 1 saturated heterocycles. The number of hydrogen-bond donors (Lipinski definition) is 2. The van der Waals surface area contributed by atoms with Crippen molar-refractivity contribution in [3.63, 3.8) is 0 Å². The van der Waals surface area contributed by atoms with Crippen molar-refractivity contribution in [2.24, 2.45) is 0 Å². The molecule has 0 aliphatic carbocycles. The van der Waals surface area contributed by atoms with E-state index in [-0.39, 0.29) is 11.8 Å². The second-order valence-electron chi connectivity index (χ2n) is 6.99. The number of hydrogen-bond acceptors (Lipinski definition) is 6. The lowest BCUT2D eigenvalue weighted by Gasteiger charge is -2.37. The van der Waals surface area contributed by atoms with Crippen LogP contribution in [0.4, 0.5) is 5.69 Å². The van der Waals surface area contributed by atoms with E-state index in [1.807, 2.05) is 18.2 Å². The lowest BCUT2D eigenvalue weighted by Crippen LogP contribution is -2.42. The van der Waals surface area contributed by atoms with Gasteiger partial charge in [0, 0.05) is 43.3 Å². The average molecular weight is 428 g/mol. The molecular weight excluding hydrogens is 404 g/mol. The Balaban J connectivity index is 0.000000366.